The average Bonchev–Trinajstić information content (AvgIpc) is 3.26. The van der Waals surface area contributed by atoms with Crippen molar-refractivity contribution in [2.24, 2.45) is 5.92 Å². The maximum atomic E-state index is 13.3. The first-order valence-electron chi connectivity index (χ1n) is 10.2. The van der Waals surface area contributed by atoms with Crippen LogP contribution in [0.1, 0.15) is 29.8 Å². The van der Waals surface area contributed by atoms with Crippen LogP contribution in [0.15, 0.2) is 46.5 Å². The van der Waals surface area contributed by atoms with Gasteiger partial charge in [-0.2, -0.15) is 5.10 Å². The van der Waals surface area contributed by atoms with Gasteiger partial charge in [-0.1, -0.05) is 26.0 Å². The molecule has 3 N–H and O–H groups in total. The monoisotopic (exact) mass is 441 g/mol. The Labute approximate surface area is 184 Å². The number of hydrogen-bond donors (Lipinski definition) is 2. The number of rotatable bonds is 9. The molecule has 32 heavy (non-hydrogen) atoms. The topological polar surface area (TPSA) is 141 Å². The summed E-state index contributed by atoms with van der Waals surface area (Å²) in [4.78, 5) is 45.7. The van der Waals surface area contributed by atoms with Gasteiger partial charge in [-0.3, -0.25) is 24.0 Å². The van der Waals surface area contributed by atoms with Crippen molar-refractivity contribution in [3.63, 3.8) is 0 Å². The second kappa shape index (κ2) is 10.1. The highest BCUT2D eigenvalue weighted by Gasteiger charge is 2.25. The Morgan fingerprint density at radius 1 is 1.25 bits per heavy atom. The molecule has 0 aliphatic heterocycles. The fourth-order valence-corrected chi connectivity index (χ4v) is 3.29. The molecule has 2 aromatic heterocycles. The van der Waals surface area contributed by atoms with Crippen LogP contribution in [0.5, 0.6) is 0 Å². The van der Waals surface area contributed by atoms with Gasteiger partial charge in [0.1, 0.15) is 18.5 Å². The Balaban J connectivity index is 1.97. The number of nitrogens with one attached hydrogen (secondary N) is 1. The molecule has 11 nitrogen and oxygen atoms in total. The molecule has 0 aliphatic carbocycles. The fraction of sp³-hybridized carbons (Fsp3) is 0.381. The Bertz CT molecular complexity index is 1160. The Morgan fingerprint density at radius 3 is 2.56 bits per heavy atom. The van der Waals surface area contributed by atoms with Gasteiger partial charge in [-0.15, -0.1) is 0 Å². The molecule has 170 valence electrons. The molecule has 0 atom stereocenters. The molecule has 0 bridgehead atoms. The normalized spacial score (nSPS) is 11.1. The lowest BCUT2D eigenvalue weighted by Crippen LogP contribution is -2.42. The van der Waals surface area contributed by atoms with E-state index >= 15 is 0 Å². The minimum atomic E-state index is -0.722. The molecule has 0 spiro atoms. The largest absolute Gasteiger partial charge is 0.383 e. The van der Waals surface area contributed by atoms with Crippen LogP contribution in [0.3, 0.4) is 0 Å². The van der Waals surface area contributed by atoms with Crippen LogP contribution in [-0.4, -0.2) is 50.5 Å². The Hall–Kier alpha value is -3.73. The number of aromatic amines is 1. The van der Waals surface area contributed by atoms with Crippen molar-refractivity contribution < 1.29 is 9.53 Å². The number of nitrogens with two attached hydrogens (primary N) is 1. The second-order valence-electron chi connectivity index (χ2n) is 7.74. The highest BCUT2D eigenvalue weighted by molar-refractivity contribution is 6.07. The third kappa shape index (κ3) is 5.11. The molecule has 0 unspecified atom stereocenters. The minimum absolute atomic E-state index is 0.0558. The average molecular weight is 441 g/mol. The molecule has 1 aromatic carbocycles. The van der Waals surface area contributed by atoms with E-state index in [0.29, 0.717) is 18.7 Å². The molecule has 0 fully saturated rings. The number of ether oxygens (including phenoxy) is 1. The van der Waals surface area contributed by atoms with E-state index in [1.54, 1.807) is 35.3 Å². The molecule has 3 aromatic rings. The molecule has 0 radical (unpaired) electrons. The van der Waals surface area contributed by atoms with Crippen LogP contribution >= 0.6 is 0 Å². The summed E-state index contributed by atoms with van der Waals surface area (Å²) in [7, 11) is 1.49. The van der Waals surface area contributed by atoms with E-state index in [1.165, 1.54) is 22.9 Å². The highest BCUT2D eigenvalue weighted by atomic mass is 16.5. The fourth-order valence-electron chi connectivity index (χ4n) is 3.29. The van der Waals surface area contributed by atoms with Crippen molar-refractivity contribution in [2.75, 3.05) is 30.9 Å². The number of hydrogen-bond acceptors (Lipinski definition) is 7. The van der Waals surface area contributed by atoms with E-state index in [2.05, 4.69) is 15.1 Å². The maximum Gasteiger partial charge on any atom is 0.330 e. The smallest absolute Gasteiger partial charge is 0.330 e. The van der Waals surface area contributed by atoms with Gasteiger partial charge in [-0.25, -0.2) is 14.5 Å². The number of carbonyl (C=O) groups excluding carboxylic acids is 1. The van der Waals surface area contributed by atoms with Gasteiger partial charge in [-0.05, 0) is 23.6 Å². The van der Waals surface area contributed by atoms with Crippen molar-refractivity contribution in [3.05, 3.63) is 68.9 Å². The van der Waals surface area contributed by atoms with Crippen LogP contribution in [0.4, 0.5) is 11.5 Å². The zero-order valence-corrected chi connectivity index (χ0v) is 18.3. The van der Waals surface area contributed by atoms with E-state index < -0.39 is 17.2 Å². The van der Waals surface area contributed by atoms with Gasteiger partial charge in [0.2, 0.25) is 0 Å². The van der Waals surface area contributed by atoms with E-state index in [9.17, 15) is 14.4 Å². The van der Waals surface area contributed by atoms with Gasteiger partial charge in [0.15, 0.2) is 5.69 Å². The number of nitrogen functional groups attached to an aromatic ring is 1. The third-order valence-electron chi connectivity index (χ3n) is 4.81. The first-order chi connectivity index (χ1) is 15.3. The molecular weight excluding hydrogens is 414 g/mol. The lowest BCUT2D eigenvalue weighted by Gasteiger charge is -2.25. The summed E-state index contributed by atoms with van der Waals surface area (Å²) >= 11 is 0. The molecule has 1 amide bonds. The van der Waals surface area contributed by atoms with Gasteiger partial charge in [0.25, 0.3) is 11.5 Å². The van der Waals surface area contributed by atoms with Crippen LogP contribution in [0.2, 0.25) is 0 Å². The minimum Gasteiger partial charge on any atom is -0.383 e. The lowest BCUT2D eigenvalue weighted by atomic mass is 10.1. The number of anilines is 2. The predicted molar refractivity (Wildman–Crippen MR) is 120 cm³/mol. The van der Waals surface area contributed by atoms with Gasteiger partial charge < -0.3 is 10.5 Å². The van der Waals surface area contributed by atoms with Crippen LogP contribution < -0.4 is 21.9 Å². The third-order valence-corrected chi connectivity index (χ3v) is 4.81. The highest BCUT2D eigenvalue weighted by Crippen LogP contribution is 2.20. The van der Waals surface area contributed by atoms with Crippen LogP contribution in [-0.2, 0) is 17.8 Å². The molecule has 2 heterocycles. The quantitative estimate of drug-likeness (QED) is 0.498. The standard InChI is InChI=1S/C21H27N7O4/c1-14(2)10-28-18(22)17(19(29)25-21(28)31)27(8-9-32-3)20(30)16-6-4-15(5-7-16)11-26-13-23-12-24-26/h4-7,12-14H,8-11,22H2,1-3H3,(H,25,29,31). The molecule has 11 heteroatoms. The number of nitrogens with zero attached hydrogens (tertiary/aromatic N) is 5. The second-order valence-corrected chi connectivity index (χ2v) is 7.74. The number of H-pyrrole nitrogens is 1. The summed E-state index contributed by atoms with van der Waals surface area (Å²) in [5, 5.41) is 4.06. The van der Waals surface area contributed by atoms with Crippen molar-refractivity contribution in [1.29, 1.82) is 0 Å². The van der Waals surface area contributed by atoms with Gasteiger partial charge in [0, 0.05) is 25.8 Å². The zero-order valence-electron chi connectivity index (χ0n) is 18.3. The van der Waals surface area contributed by atoms with Crippen LogP contribution in [0, 0.1) is 5.92 Å². The predicted octanol–water partition coefficient (Wildman–Crippen LogP) is 0.708. The lowest BCUT2D eigenvalue weighted by molar-refractivity contribution is 0.0975. The van der Waals surface area contributed by atoms with Gasteiger partial charge >= 0.3 is 5.69 Å². The van der Waals surface area contributed by atoms with E-state index in [1.807, 2.05) is 13.8 Å². The van der Waals surface area contributed by atoms with Gasteiger partial charge in [0.05, 0.1) is 13.2 Å². The first kappa shape index (κ1) is 22.9. The number of methoxy groups -OCH3 is 1. The summed E-state index contributed by atoms with van der Waals surface area (Å²) in [5.74, 6) is -0.379. The number of benzene rings is 1. The van der Waals surface area contributed by atoms with Crippen molar-refractivity contribution in [2.45, 2.75) is 26.9 Å². The van der Waals surface area contributed by atoms with E-state index in [4.69, 9.17) is 10.5 Å². The number of carbonyl (C=O) groups is 1. The molecule has 0 saturated heterocycles. The summed E-state index contributed by atoms with van der Waals surface area (Å²) in [6.07, 6.45) is 3.05. The molecular formula is C21H27N7O4. The number of amides is 1. The SMILES string of the molecule is COCCN(C(=O)c1ccc(Cn2cncn2)cc1)c1c(N)n(CC(C)C)c(=O)[nH]c1=O. The summed E-state index contributed by atoms with van der Waals surface area (Å²) in [6.45, 7) is 4.92. The van der Waals surface area contributed by atoms with Crippen molar-refractivity contribution in [1.82, 2.24) is 24.3 Å². The van der Waals surface area contributed by atoms with Crippen molar-refractivity contribution in [3.8, 4) is 0 Å². The number of aromatic nitrogens is 5. The first-order valence-corrected chi connectivity index (χ1v) is 10.2. The van der Waals surface area contributed by atoms with E-state index in [0.717, 1.165) is 5.56 Å². The summed E-state index contributed by atoms with van der Waals surface area (Å²) in [5.41, 5.74) is 6.11. The van der Waals surface area contributed by atoms with Crippen molar-refractivity contribution >= 4 is 17.4 Å². The maximum absolute atomic E-state index is 13.3. The molecule has 0 saturated carbocycles. The van der Waals surface area contributed by atoms with E-state index in [-0.39, 0.29) is 30.6 Å². The molecule has 3 rings (SSSR count). The zero-order chi connectivity index (χ0) is 23.3. The Morgan fingerprint density at radius 2 is 1.97 bits per heavy atom. The summed E-state index contributed by atoms with van der Waals surface area (Å²) in [6, 6.07) is 6.94. The Kier molecular flexibility index (Phi) is 7.21. The molecule has 0 aliphatic rings. The summed E-state index contributed by atoms with van der Waals surface area (Å²) < 4.78 is 8.06. The van der Waals surface area contributed by atoms with Crippen LogP contribution in [0.25, 0.3) is 0 Å².